The summed E-state index contributed by atoms with van der Waals surface area (Å²) in [5.41, 5.74) is 1.18. The van der Waals surface area contributed by atoms with Gasteiger partial charge in [-0.05, 0) is 73.7 Å². The van der Waals surface area contributed by atoms with Crippen molar-refractivity contribution in [2.75, 3.05) is 17.7 Å². The summed E-state index contributed by atoms with van der Waals surface area (Å²) in [4.78, 5) is 12.4. The van der Waals surface area contributed by atoms with Crippen LogP contribution in [-0.2, 0) is 11.4 Å². The van der Waals surface area contributed by atoms with Gasteiger partial charge in [0, 0.05) is 16.4 Å². The number of carbonyl (C=O) groups excluding carboxylic acids is 1. The Kier molecular flexibility index (Phi) is 8.23. The van der Waals surface area contributed by atoms with E-state index in [4.69, 9.17) is 21.1 Å². The fourth-order valence-corrected chi connectivity index (χ4v) is 4.07. The van der Waals surface area contributed by atoms with Crippen LogP contribution in [0.5, 0.6) is 11.5 Å². The number of ether oxygens (including phenoxy) is 2. The molecule has 0 saturated heterocycles. The average Bonchev–Trinajstić information content (AvgIpc) is 3.26. The Morgan fingerprint density at radius 1 is 1.03 bits per heavy atom. The van der Waals surface area contributed by atoms with E-state index in [-0.39, 0.29) is 18.3 Å². The number of anilines is 1. The summed E-state index contributed by atoms with van der Waals surface area (Å²) in [6.45, 7) is 2.63. The van der Waals surface area contributed by atoms with Gasteiger partial charge in [-0.2, -0.15) is 0 Å². The van der Waals surface area contributed by atoms with Gasteiger partial charge < -0.3 is 14.8 Å². The first-order valence-electron chi connectivity index (χ1n) is 10.8. The predicted octanol–water partition coefficient (Wildman–Crippen LogP) is 5.77. The van der Waals surface area contributed by atoms with Crippen molar-refractivity contribution in [1.82, 2.24) is 14.8 Å². The van der Waals surface area contributed by atoms with Gasteiger partial charge in [-0.3, -0.25) is 9.36 Å². The minimum atomic E-state index is -0.420. The van der Waals surface area contributed by atoms with Crippen molar-refractivity contribution < 1.29 is 18.7 Å². The van der Waals surface area contributed by atoms with Crippen LogP contribution in [-0.4, -0.2) is 33.0 Å². The Labute approximate surface area is 211 Å². The zero-order valence-electron chi connectivity index (χ0n) is 18.8. The topological polar surface area (TPSA) is 78.3 Å². The minimum Gasteiger partial charge on any atom is -0.494 e. The predicted molar refractivity (Wildman–Crippen MR) is 134 cm³/mol. The lowest BCUT2D eigenvalue weighted by Gasteiger charge is -2.12. The van der Waals surface area contributed by atoms with Crippen molar-refractivity contribution in [2.45, 2.75) is 18.7 Å². The van der Waals surface area contributed by atoms with E-state index in [1.165, 1.54) is 30.0 Å². The first kappa shape index (κ1) is 24.6. The van der Waals surface area contributed by atoms with Gasteiger partial charge in [0.1, 0.15) is 23.9 Å². The zero-order chi connectivity index (χ0) is 24.6. The van der Waals surface area contributed by atoms with E-state index in [0.29, 0.717) is 34.0 Å². The Hall–Kier alpha value is -3.56. The molecule has 10 heteroatoms. The monoisotopic (exact) mass is 512 g/mol. The summed E-state index contributed by atoms with van der Waals surface area (Å²) in [5.74, 6) is 1.28. The quantitative estimate of drug-likeness (QED) is 0.272. The Morgan fingerprint density at radius 2 is 1.74 bits per heavy atom. The number of benzene rings is 3. The van der Waals surface area contributed by atoms with Crippen LogP contribution >= 0.6 is 23.4 Å². The fraction of sp³-hybridized carbons (Fsp3) is 0.160. The molecule has 180 valence electrons. The molecular formula is C25H22ClFN4O3S. The zero-order valence-corrected chi connectivity index (χ0v) is 20.4. The molecule has 1 N–H and O–H groups in total. The van der Waals surface area contributed by atoms with Gasteiger partial charge >= 0.3 is 0 Å². The van der Waals surface area contributed by atoms with Gasteiger partial charge in [-0.15, -0.1) is 10.2 Å². The molecule has 0 aliphatic rings. The van der Waals surface area contributed by atoms with Crippen molar-refractivity contribution in [2.24, 2.45) is 0 Å². The third-order valence-electron chi connectivity index (χ3n) is 4.73. The number of hydrogen-bond acceptors (Lipinski definition) is 6. The van der Waals surface area contributed by atoms with Crippen molar-refractivity contribution in [3.05, 3.63) is 89.5 Å². The summed E-state index contributed by atoms with van der Waals surface area (Å²) >= 11 is 7.16. The molecule has 1 aromatic heterocycles. The van der Waals surface area contributed by atoms with E-state index in [0.717, 1.165) is 11.4 Å². The normalized spacial score (nSPS) is 10.7. The summed E-state index contributed by atoms with van der Waals surface area (Å²) < 4.78 is 26.6. The number of nitrogens with zero attached hydrogens (tertiary/aromatic N) is 3. The van der Waals surface area contributed by atoms with E-state index >= 15 is 0 Å². The molecule has 4 aromatic rings. The highest BCUT2D eigenvalue weighted by atomic mass is 35.5. The van der Waals surface area contributed by atoms with E-state index < -0.39 is 5.82 Å². The minimum absolute atomic E-state index is 0.0592. The molecule has 1 amide bonds. The Balaban J connectivity index is 1.52. The second kappa shape index (κ2) is 11.7. The average molecular weight is 513 g/mol. The van der Waals surface area contributed by atoms with E-state index in [2.05, 4.69) is 15.5 Å². The molecule has 0 atom stereocenters. The first-order valence-corrected chi connectivity index (χ1v) is 12.1. The molecule has 0 saturated carbocycles. The summed E-state index contributed by atoms with van der Waals surface area (Å²) in [7, 11) is 0. The van der Waals surface area contributed by atoms with E-state index in [9.17, 15) is 9.18 Å². The van der Waals surface area contributed by atoms with Crippen molar-refractivity contribution >= 4 is 35.0 Å². The maximum absolute atomic E-state index is 13.4. The molecule has 4 rings (SSSR count). The Bertz CT molecular complexity index is 1280. The van der Waals surface area contributed by atoms with Gasteiger partial charge in [-0.1, -0.05) is 29.4 Å². The number of carbonyl (C=O) groups is 1. The lowest BCUT2D eigenvalue weighted by molar-refractivity contribution is -0.113. The van der Waals surface area contributed by atoms with Gasteiger partial charge in [0.05, 0.1) is 12.4 Å². The molecule has 3 aromatic carbocycles. The molecule has 0 radical (unpaired) electrons. The molecule has 0 aliphatic heterocycles. The second-order valence-electron chi connectivity index (χ2n) is 7.25. The smallest absolute Gasteiger partial charge is 0.234 e. The molecule has 0 spiro atoms. The lowest BCUT2D eigenvalue weighted by Crippen LogP contribution is -2.15. The number of aromatic nitrogens is 3. The van der Waals surface area contributed by atoms with Crippen LogP contribution in [0.15, 0.2) is 78.0 Å². The molecule has 0 bridgehead atoms. The largest absolute Gasteiger partial charge is 0.494 e. The summed E-state index contributed by atoms with van der Waals surface area (Å²) in [6.07, 6.45) is 0. The van der Waals surface area contributed by atoms with E-state index in [1.54, 1.807) is 30.3 Å². The highest BCUT2D eigenvalue weighted by molar-refractivity contribution is 7.99. The number of thioether (sulfide) groups is 1. The van der Waals surface area contributed by atoms with Crippen LogP contribution < -0.4 is 14.8 Å². The van der Waals surface area contributed by atoms with Crippen molar-refractivity contribution in [3.8, 4) is 17.2 Å². The first-order chi connectivity index (χ1) is 17.0. The molecule has 0 fully saturated rings. The maximum atomic E-state index is 13.4. The SMILES string of the molecule is CCOc1ccc(-n2c(COc3ccc(Cl)cc3)nnc2SCC(=O)Nc2cccc(F)c2)cc1. The molecule has 7 nitrogen and oxygen atoms in total. The van der Waals surface area contributed by atoms with Crippen LogP contribution in [0.2, 0.25) is 5.02 Å². The molecular weight excluding hydrogens is 491 g/mol. The number of amides is 1. The van der Waals surface area contributed by atoms with Crippen molar-refractivity contribution in [3.63, 3.8) is 0 Å². The van der Waals surface area contributed by atoms with Crippen molar-refractivity contribution in [1.29, 1.82) is 0 Å². The number of nitrogens with one attached hydrogen (secondary N) is 1. The summed E-state index contributed by atoms with van der Waals surface area (Å²) in [6, 6.07) is 20.2. The number of hydrogen-bond donors (Lipinski definition) is 1. The van der Waals surface area contributed by atoms with Crippen LogP contribution in [0.3, 0.4) is 0 Å². The van der Waals surface area contributed by atoms with Gasteiger partial charge in [0.25, 0.3) is 0 Å². The van der Waals surface area contributed by atoms with Gasteiger partial charge in [-0.25, -0.2) is 4.39 Å². The summed E-state index contributed by atoms with van der Waals surface area (Å²) in [5, 5.41) is 12.4. The van der Waals surface area contributed by atoms with Gasteiger partial charge in [0.2, 0.25) is 5.91 Å². The standard InChI is InChI=1S/C25H22ClFN4O3S/c1-2-33-21-12-8-20(9-13-21)31-23(15-34-22-10-6-17(26)7-11-22)29-30-25(31)35-16-24(32)28-19-5-3-4-18(27)14-19/h3-14H,2,15-16H2,1H3,(H,28,32). The molecule has 1 heterocycles. The second-order valence-corrected chi connectivity index (χ2v) is 8.63. The van der Waals surface area contributed by atoms with Gasteiger partial charge in [0.15, 0.2) is 11.0 Å². The number of rotatable bonds is 10. The van der Waals surface area contributed by atoms with Crippen LogP contribution in [0.4, 0.5) is 10.1 Å². The molecule has 0 unspecified atom stereocenters. The molecule has 0 aliphatic carbocycles. The molecule has 35 heavy (non-hydrogen) atoms. The third kappa shape index (κ3) is 6.74. The third-order valence-corrected chi connectivity index (χ3v) is 5.91. The van der Waals surface area contributed by atoms with Crippen LogP contribution in [0.1, 0.15) is 12.7 Å². The highest BCUT2D eigenvalue weighted by Crippen LogP contribution is 2.25. The van der Waals surface area contributed by atoms with Crippen LogP contribution in [0.25, 0.3) is 5.69 Å². The maximum Gasteiger partial charge on any atom is 0.234 e. The Morgan fingerprint density at radius 3 is 2.46 bits per heavy atom. The van der Waals surface area contributed by atoms with Crippen LogP contribution in [0, 0.1) is 5.82 Å². The lowest BCUT2D eigenvalue weighted by atomic mass is 10.3. The van der Waals surface area contributed by atoms with E-state index in [1.807, 2.05) is 35.8 Å². The fourth-order valence-electron chi connectivity index (χ4n) is 3.18. The number of halogens is 2. The highest BCUT2D eigenvalue weighted by Gasteiger charge is 2.17.